The molecule has 1 atom stereocenters. The average Bonchev–Trinajstić information content (AvgIpc) is 2.64. The van der Waals surface area contributed by atoms with Crippen molar-refractivity contribution in [1.29, 1.82) is 0 Å². The molecule has 0 radical (unpaired) electrons. The molecule has 1 aliphatic heterocycles. The summed E-state index contributed by atoms with van der Waals surface area (Å²) in [5.41, 5.74) is 1.60. The van der Waals surface area contributed by atoms with Crippen molar-refractivity contribution in [3.8, 4) is 0 Å². The van der Waals surface area contributed by atoms with Gasteiger partial charge in [-0.25, -0.2) is 0 Å². The zero-order chi connectivity index (χ0) is 15.7. The summed E-state index contributed by atoms with van der Waals surface area (Å²) in [6.07, 6.45) is 5.72. The van der Waals surface area contributed by atoms with E-state index in [1.54, 1.807) is 0 Å². The van der Waals surface area contributed by atoms with E-state index in [2.05, 4.69) is 51.0 Å². The van der Waals surface area contributed by atoms with Gasteiger partial charge in [-0.1, -0.05) is 12.1 Å². The predicted molar refractivity (Wildman–Crippen MR) is 86.8 cm³/mol. The molecule has 0 aliphatic carbocycles. The van der Waals surface area contributed by atoms with E-state index in [1.165, 1.54) is 0 Å². The monoisotopic (exact) mass is 288 g/mol. The van der Waals surface area contributed by atoms with Gasteiger partial charge in [0, 0.05) is 18.4 Å². The summed E-state index contributed by atoms with van der Waals surface area (Å²) in [6, 6.07) is 2.40. The minimum absolute atomic E-state index is 0.280. The lowest BCUT2D eigenvalue weighted by Gasteiger charge is -2.32. The van der Waals surface area contributed by atoms with Gasteiger partial charge in [0.2, 0.25) is 0 Å². The highest BCUT2D eigenvalue weighted by atomic mass is 16.7. The smallest absolute Gasteiger partial charge is 0.400 e. The van der Waals surface area contributed by atoms with Crippen molar-refractivity contribution < 1.29 is 9.31 Å². The van der Waals surface area contributed by atoms with E-state index in [0.29, 0.717) is 0 Å². The Morgan fingerprint density at radius 2 is 1.81 bits per heavy atom. The first kappa shape index (κ1) is 16.2. The van der Waals surface area contributed by atoms with Crippen LogP contribution in [0.3, 0.4) is 0 Å². The Balaban J connectivity index is 2.09. The first-order valence-electron chi connectivity index (χ1n) is 7.41. The second kappa shape index (κ2) is 5.91. The first-order chi connectivity index (χ1) is 9.75. The maximum Gasteiger partial charge on any atom is 0.487 e. The molecule has 0 bridgehead atoms. The number of hydrogen-bond donors (Lipinski definition) is 1. The van der Waals surface area contributed by atoms with Gasteiger partial charge in [-0.3, -0.25) is 4.98 Å². The summed E-state index contributed by atoms with van der Waals surface area (Å²) in [6.45, 7) is 10.3. The van der Waals surface area contributed by atoms with Crippen LogP contribution in [0, 0.1) is 0 Å². The van der Waals surface area contributed by atoms with Gasteiger partial charge in [-0.2, -0.15) is 0 Å². The van der Waals surface area contributed by atoms with Crippen LogP contribution in [0.2, 0.25) is 0 Å². The highest BCUT2D eigenvalue weighted by molar-refractivity contribution is 6.52. The van der Waals surface area contributed by atoms with Crippen molar-refractivity contribution >= 4 is 13.2 Å². The quantitative estimate of drug-likeness (QED) is 0.865. The second-order valence-electron chi connectivity index (χ2n) is 6.55. The summed E-state index contributed by atoms with van der Waals surface area (Å²) < 4.78 is 11.9. The molecule has 0 aromatic carbocycles. The topological polar surface area (TPSA) is 43.4 Å². The van der Waals surface area contributed by atoms with Crippen LogP contribution in [-0.2, 0) is 9.31 Å². The van der Waals surface area contributed by atoms with E-state index >= 15 is 0 Å². The molecule has 2 heterocycles. The van der Waals surface area contributed by atoms with E-state index in [-0.39, 0.29) is 24.4 Å². The fraction of sp³-hybridized carbons (Fsp3) is 0.562. The molecule has 1 fully saturated rings. The predicted octanol–water partition coefficient (Wildman–Crippen LogP) is 3.01. The van der Waals surface area contributed by atoms with Crippen LogP contribution in [-0.4, -0.2) is 30.4 Å². The Hall–Kier alpha value is -1.17. The number of rotatable bonds is 4. The molecular weight excluding hydrogens is 263 g/mol. The number of nitrogens with zero attached hydrogens (tertiary/aromatic N) is 1. The lowest BCUT2D eigenvalue weighted by molar-refractivity contribution is 0.00578. The van der Waals surface area contributed by atoms with Crippen molar-refractivity contribution in [2.45, 2.75) is 51.9 Å². The summed E-state index contributed by atoms with van der Waals surface area (Å²) in [4.78, 5) is 4.28. The molecule has 1 aromatic heterocycles. The summed E-state index contributed by atoms with van der Waals surface area (Å²) in [5, 5.41) is 3.21. The fourth-order valence-corrected chi connectivity index (χ4v) is 2.13. The number of pyridine rings is 1. The SMILES string of the molecule is CN[C@H](C)c1cncc(/C=C/B2OC(C)(C)C(C)(C)O2)c1. The zero-order valence-corrected chi connectivity index (χ0v) is 13.8. The van der Waals surface area contributed by atoms with Gasteiger partial charge in [0.05, 0.1) is 11.2 Å². The summed E-state index contributed by atoms with van der Waals surface area (Å²) in [7, 11) is 1.62. The highest BCUT2D eigenvalue weighted by Gasteiger charge is 2.49. The Morgan fingerprint density at radius 1 is 1.19 bits per heavy atom. The van der Waals surface area contributed by atoms with Gasteiger partial charge < -0.3 is 14.6 Å². The average molecular weight is 288 g/mol. The van der Waals surface area contributed by atoms with Crippen molar-refractivity contribution in [2.24, 2.45) is 0 Å². The maximum absolute atomic E-state index is 5.94. The normalized spacial score (nSPS) is 21.9. The molecule has 0 spiro atoms. The van der Waals surface area contributed by atoms with Crippen LogP contribution >= 0.6 is 0 Å². The number of aromatic nitrogens is 1. The van der Waals surface area contributed by atoms with Gasteiger partial charge in [-0.15, -0.1) is 0 Å². The van der Waals surface area contributed by atoms with Crippen LogP contribution in [0.15, 0.2) is 24.4 Å². The van der Waals surface area contributed by atoms with Crippen molar-refractivity contribution in [3.63, 3.8) is 0 Å². The summed E-state index contributed by atoms with van der Waals surface area (Å²) >= 11 is 0. The van der Waals surface area contributed by atoms with Crippen LogP contribution < -0.4 is 5.32 Å². The molecule has 21 heavy (non-hydrogen) atoms. The van der Waals surface area contributed by atoms with Crippen LogP contribution in [0.5, 0.6) is 0 Å². The Kier molecular flexibility index (Phi) is 4.56. The molecule has 5 heteroatoms. The van der Waals surface area contributed by atoms with Crippen LogP contribution in [0.4, 0.5) is 0 Å². The highest BCUT2D eigenvalue weighted by Crippen LogP contribution is 2.37. The molecule has 2 rings (SSSR count). The van der Waals surface area contributed by atoms with E-state index in [4.69, 9.17) is 9.31 Å². The maximum atomic E-state index is 5.94. The largest absolute Gasteiger partial charge is 0.487 e. The molecule has 0 unspecified atom stereocenters. The Morgan fingerprint density at radius 3 is 2.38 bits per heavy atom. The van der Waals surface area contributed by atoms with Crippen molar-refractivity contribution in [2.75, 3.05) is 7.05 Å². The molecule has 114 valence electrons. The van der Waals surface area contributed by atoms with E-state index < -0.39 is 0 Å². The third kappa shape index (κ3) is 3.54. The van der Waals surface area contributed by atoms with Gasteiger partial charge in [0.25, 0.3) is 0 Å². The van der Waals surface area contributed by atoms with E-state index in [0.717, 1.165) is 11.1 Å². The first-order valence-corrected chi connectivity index (χ1v) is 7.41. The van der Waals surface area contributed by atoms with Crippen molar-refractivity contribution in [3.05, 3.63) is 35.6 Å². The molecule has 1 aromatic rings. The van der Waals surface area contributed by atoms with E-state index in [1.807, 2.05) is 31.5 Å². The fourth-order valence-electron chi connectivity index (χ4n) is 2.13. The second-order valence-corrected chi connectivity index (χ2v) is 6.55. The zero-order valence-electron chi connectivity index (χ0n) is 13.8. The Labute approximate surface area is 128 Å². The van der Waals surface area contributed by atoms with Gasteiger partial charge in [0.1, 0.15) is 0 Å². The van der Waals surface area contributed by atoms with Crippen LogP contribution in [0.1, 0.15) is 51.8 Å². The van der Waals surface area contributed by atoms with Gasteiger partial charge in [0.15, 0.2) is 0 Å². The molecule has 0 saturated carbocycles. The van der Waals surface area contributed by atoms with Gasteiger partial charge >= 0.3 is 7.12 Å². The molecule has 1 aliphatic rings. The molecule has 1 N–H and O–H groups in total. The summed E-state index contributed by atoms with van der Waals surface area (Å²) in [5.74, 6) is 1.95. The third-order valence-corrected chi connectivity index (χ3v) is 4.43. The lowest BCUT2D eigenvalue weighted by Crippen LogP contribution is -2.41. The minimum atomic E-state index is -0.319. The molecule has 0 amide bonds. The molecular formula is C16H25BN2O2. The molecule has 1 saturated heterocycles. The number of nitrogens with one attached hydrogen (secondary N) is 1. The third-order valence-electron chi connectivity index (χ3n) is 4.43. The van der Waals surface area contributed by atoms with Crippen LogP contribution in [0.25, 0.3) is 6.08 Å². The van der Waals surface area contributed by atoms with Crippen molar-refractivity contribution in [1.82, 2.24) is 10.3 Å². The number of hydrogen-bond acceptors (Lipinski definition) is 4. The van der Waals surface area contributed by atoms with Gasteiger partial charge in [-0.05, 0) is 58.9 Å². The standard InChI is InChI=1S/C16H25BN2O2/c1-12(18-6)14-9-13(10-19-11-14)7-8-17-20-15(2,3)16(4,5)21-17/h7-12,18H,1-6H3/b8-7+/t12-/m1/s1. The lowest BCUT2D eigenvalue weighted by atomic mass is 9.89. The minimum Gasteiger partial charge on any atom is -0.400 e. The Bertz CT molecular complexity index is 513. The molecule has 4 nitrogen and oxygen atoms in total. The van der Waals surface area contributed by atoms with E-state index in [9.17, 15) is 0 Å².